The topological polar surface area (TPSA) is 51.0 Å². The van der Waals surface area contributed by atoms with Crippen LogP contribution in [0.2, 0.25) is 5.02 Å². The Bertz CT molecular complexity index is 737. The predicted octanol–water partition coefficient (Wildman–Crippen LogP) is 4.31. The summed E-state index contributed by atoms with van der Waals surface area (Å²) in [6.07, 6.45) is 0. The van der Waals surface area contributed by atoms with Gasteiger partial charge in [0.1, 0.15) is 0 Å². The number of aromatic nitrogens is 2. The van der Waals surface area contributed by atoms with Crippen LogP contribution in [0.15, 0.2) is 52.9 Å². The van der Waals surface area contributed by atoms with Gasteiger partial charge in [0.05, 0.1) is 17.1 Å². The monoisotopic (exact) mass is 299 g/mol. The first-order chi connectivity index (χ1) is 10.2. The van der Waals surface area contributed by atoms with E-state index >= 15 is 0 Å². The van der Waals surface area contributed by atoms with E-state index in [4.69, 9.17) is 16.0 Å². The van der Waals surface area contributed by atoms with E-state index in [2.05, 4.69) is 22.4 Å². The Balaban J connectivity index is 1.71. The van der Waals surface area contributed by atoms with E-state index in [1.165, 1.54) is 5.56 Å². The molecule has 0 aliphatic rings. The molecule has 0 saturated carbocycles. The molecule has 0 spiro atoms. The first-order valence-corrected chi connectivity index (χ1v) is 6.98. The fourth-order valence-corrected chi connectivity index (χ4v) is 2.13. The molecule has 21 heavy (non-hydrogen) atoms. The average Bonchev–Trinajstić information content (AvgIpc) is 2.96. The summed E-state index contributed by atoms with van der Waals surface area (Å²) >= 11 is 6.11. The van der Waals surface area contributed by atoms with Crippen molar-refractivity contribution in [2.75, 3.05) is 5.32 Å². The molecule has 0 unspecified atom stereocenters. The zero-order chi connectivity index (χ0) is 14.7. The Morgan fingerprint density at radius 2 is 1.81 bits per heavy atom. The third kappa shape index (κ3) is 3.23. The lowest BCUT2D eigenvalue weighted by atomic mass is 10.2. The van der Waals surface area contributed by atoms with Crippen molar-refractivity contribution in [2.24, 2.45) is 0 Å². The van der Waals surface area contributed by atoms with Crippen LogP contribution in [0.25, 0.3) is 11.5 Å². The summed E-state index contributed by atoms with van der Waals surface area (Å²) in [7, 11) is 0. The summed E-state index contributed by atoms with van der Waals surface area (Å²) in [5.41, 5.74) is 2.98. The molecular formula is C16H14ClN3O. The predicted molar refractivity (Wildman–Crippen MR) is 83.2 cm³/mol. The first kappa shape index (κ1) is 13.6. The van der Waals surface area contributed by atoms with Crippen molar-refractivity contribution in [2.45, 2.75) is 13.5 Å². The van der Waals surface area contributed by atoms with Crippen LogP contribution in [-0.4, -0.2) is 10.2 Å². The highest BCUT2D eigenvalue weighted by Crippen LogP contribution is 2.26. The summed E-state index contributed by atoms with van der Waals surface area (Å²) in [6.45, 7) is 2.53. The van der Waals surface area contributed by atoms with Crippen molar-refractivity contribution < 1.29 is 4.42 Å². The van der Waals surface area contributed by atoms with Gasteiger partial charge in [0, 0.05) is 5.69 Å². The Morgan fingerprint density at radius 1 is 1.05 bits per heavy atom. The minimum atomic E-state index is 0.432. The maximum Gasteiger partial charge on any atom is 0.249 e. The van der Waals surface area contributed by atoms with E-state index < -0.39 is 0 Å². The van der Waals surface area contributed by atoms with Gasteiger partial charge in [-0.25, -0.2) is 0 Å². The number of hydrogen-bond acceptors (Lipinski definition) is 4. The summed E-state index contributed by atoms with van der Waals surface area (Å²) < 4.78 is 5.63. The van der Waals surface area contributed by atoms with E-state index in [-0.39, 0.29) is 0 Å². The highest BCUT2D eigenvalue weighted by Gasteiger charge is 2.11. The van der Waals surface area contributed by atoms with Gasteiger partial charge in [-0.2, -0.15) is 0 Å². The van der Waals surface area contributed by atoms with E-state index in [1.807, 2.05) is 42.5 Å². The van der Waals surface area contributed by atoms with E-state index in [0.29, 0.717) is 23.3 Å². The van der Waals surface area contributed by atoms with Crippen LogP contribution in [-0.2, 0) is 6.54 Å². The Morgan fingerprint density at radius 3 is 2.57 bits per heavy atom. The van der Waals surface area contributed by atoms with Crippen LogP contribution in [0, 0.1) is 6.92 Å². The van der Waals surface area contributed by atoms with E-state index in [9.17, 15) is 0 Å². The highest BCUT2D eigenvalue weighted by molar-refractivity contribution is 6.33. The zero-order valence-electron chi connectivity index (χ0n) is 11.5. The maximum atomic E-state index is 6.11. The van der Waals surface area contributed by atoms with Crippen LogP contribution in [0.5, 0.6) is 0 Å². The van der Waals surface area contributed by atoms with Gasteiger partial charge in [0.25, 0.3) is 0 Å². The smallest absolute Gasteiger partial charge is 0.249 e. The summed E-state index contributed by atoms with van der Waals surface area (Å²) in [6, 6.07) is 15.5. The van der Waals surface area contributed by atoms with Crippen molar-refractivity contribution in [3.8, 4) is 11.5 Å². The third-order valence-corrected chi connectivity index (χ3v) is 3.40. The van der Waals surface area contributed by atoms with Gasteiger partial charge in [0.15, 0.2) is 0 Å². The number of halogens is 1. The second-order valence-corrected chi connectivity index (χ2v) is 5.11. The average molecular weight is 300 g/mol. The molecule has 106 valence electrons. The normalized spacial score (nSPS) is 10.6. The van der Waals surface area contributed by atoms with Crippen molar-refractivity contribution in [1.29, 1.82) is 0 Å². The lowest BCUT2D eigenvalue weighted by Gasteiger charge is -2.03. The van der Waals surface area contributed by atoms with Gasteiger partial charge in [-0.15, -0.1) is 10.2 Å². The standard InChI is InChI=1S/C16H14ClN3O/c1-11-6-8-12(9-7-11)18-10-15-19-20-16(21-15)13-4-2-3-5-14(13)17/h2-9,18H,10H2,1H3. The van der Waals surface area contributed by atoms with Crippen molar-refractivity contribution in [3.05, 3.63) is 65.0 Å². The van der Waals surface area contributed by atoms with Crippen LogP contribution < -0.4 is 5.32 Å². The van der Waals surface area contributed by atoms with Crippen molar-refractivity contribution >= 4 is 17.3 Å². The first-order valence-electron chi connectivity index (χ1n) is 6.60. The number of hydrogen-bond donors (Lipinski definition) is 1. The highest BCUT2D eigenvalue weighted by atomic mass is 35.5. The molecule has 0 aliphatic carbocycles. The van der Waals surface area contributed by atoms with Gasteiger partial charge in [-0.1, -0.05) is 41.4 Å². The summed E-state index contributed by atoms with van der Waals surface area (Å²) in [5.74, 6) is 0.951. The molecule has 1 N–H and O–H groups in total. The number of nitrogens with one attached hydrogen (secondary N) is 1. The zero-order valence-corrected chi connectivity index (χ0v) is 12.3. The minimum Gasteiger partial charge on any atom is -0.419 e. The molecule has 5 heteroatoms. The molecule has 0 bridgehead atoms. The Hall–Kier alpha value is -2.33. The molecule has 0 radical (unpaired) electrons. The number of anilines is 1. The molecule has 0 amide bonds. The van der Waals surface area contributed by atoms with Gasteiger partial charge in [-0.05, 0) is 31.2 Å². The van der Waals surface area contributed by atoms with Crippen LogP contribution in [0.3, 0.4) is 0 Å². The molecule has 1 heterocycles. The van der Waals surface area contributed by atoms with E-state index in [1.54, 1.807) is 6.07 Å². The molecule has 3 aromatic rings. The minimum absolute atomic E-state index is 0.432. The Labute approximate surface area is 127 Å². The van der Waals surface area contributed by atoms with Gasteiger partial charge >= 0.3 is 0 Å². The number of benzene rings is 2. The van der Waals surface area contributed by atoms with Gasteiger partial charge < -0.3 is 9.73 Å². The summed E-state index contributed by atoms with van der Waals surface area (Å²) in [5, 5.41) is 11.9. The number of aryl methyl sites for hydroxylation is 1. The fraction of sp³-hybridized carbons (Fsp3) is 0.125. The molecule has 0 fully saturated rings. The summed E-state index contributed by atoms with van der Waals surface area (Å²) in [4.78, 5) is 0. The van der Waals surface area contributed by atoms with Crippen molar-refractivity contribution in [1.82, 2.24) is 10.2 Å². The van der Waals surface area contributed by atoms with Crippen LogP contribution in [0.1, 0.15) is 11.5 Å². The third-order valence-electron chi connectivity index (χ3n) is 3.07. The lowest BCUT2D eigenvalue weighted by molar-refractivity contribution is 0.515. The molecule has 3 rings (SSSR count). The number of nitrogens with zero attached hydrogens (tertiary/aromatic N) is 2. The maximum absolute atomic E-state index is 6.11. The van der Waals surface area contributed by atoms with Crippen LogP contribution in [0.4, 0.5) is 5.69 Å². The van der Waals surface area contributed by atoms with Crippen LogP contribution >= 0.6 is 11.6 Å². The molecule has 2 aromatic carbocycles. The Kier molecular flexibility index (Phi) is 3.88. The van der Waals surface area contributed by atoms with Crippen molar-refractivity contribution in [3.63, 3.8) is 0 Å². The molecular weight excluding hydrogens is 286 g/mol. The second-order valence-electron chi connectivity index (χ2n) is 4.70. The van der Waals surface area contributed by atoms with E-state index in [0.717, 1.165) is 11.3 Å². The quantitative estimate of drug-likeness (QED) is 0.780. The lowest BCUT2D eigenvalue weighted by Crippen LogP contribution is -1.99. The number of rotatable bonds is 4. The molecule has 1 aromatic heterocycles. The van der Waals surface area contributed by atoms with Gasteiger partial charge in [-0.3, -0.25) is 0 Å². The second kappa shape index (κ2) is 5.97. The molecule has 0 atom stereocenters. The van der Waals surface area contributed by atoms with Gasteiger partial charge in [0.2, 0.25) is 11.8 Å². The molecule has 4 nitrogen and oxygen atoms in total. The SMILES string of the molecule is Cc1ccc(NCc2nnc(-c3ccccc3Cl)o2)cc1. The fourth-order valence-electron chi connectivity index (χ4n) is 1.92. The molecule has 0 aliphatic heterocycles. The largest absolute Gasteiger partial charge is 0.419 e. The molecule has 0 saturated heterocycles.